The van der Waals surface area contributed by atoms with E-state index in [9.17, 15) is 8.42 Å². The zero-order valence-corrected chi connectivity index (χ0v) is 16.1. The first-order chi connectivity index (χ1) is 11.0. The number of hydrogen-bond acceptors (Lipinski definition) is 4. The van der Waals surface area contributed by atoms with Crippen molar-refractivity contribution in [2.24, 2.45) is 0 Å². The molecule has 0 saturated carbocycles. The Bertz CT molecular complexity index is 805. The van der Waals surface area contributed by atoms with E-state index in [1.807, 2.05) is 45.9 Å². The van der Waals surface area contributed by atoms with Gasteiger partial charge < -0.3 is 0 Å². The SMILES string of the molecule is Cc1nn(C(C)(C)C)c(C)c1S(=O)(=O)N(C)CCc1ccccn1. The summed E-state index contributed by atoms with van der Waals surface area (Å²) < 4.78 is 29.1. The van der Waals surface area contributed by atoms with Gasteiger partial charge in [0.25, 0.3) is 0 Å². The van der Waals surface area contributed by atoms with Gasteiger partial charge >= 0.3 is 0 Å². The van der Waals surface area contributed by atoms with Crippen molar-refractivity contribution in [1.82, 2.24) is 19.1 Å². The molecule has 2 aromatic heterocycles. The highest BCUT2D eigenvalue weighted by atomic mass is 32.2. The van der Waals surface area contributed by atoms with Crippen molar-refractivity contribution >= 4 is 10.0 Å². The predicted molar refractivity (Wildman–Crippen MR) is 94.5 cm³/mol. The number of rotatable bonds is 5. The van der Waals surface area contributed by atoms with Gasteiger partial charge in [0.05, 0.1) is 16.9 Å². The summed E-state index contributed by atoms with van der Waals surface area (Å²) in [6, 6.07) is 5.64. The average molecular weight is 350 g/mol. The summed E-state index contributed by atoms with van der Waals surface area (Å²) in [5.74, 6) is 0. The van der Waals surface area contributed by atoms with Crippen molar-refractivity contribution < 1.29 is 8.42 Å². The predicted octanol–water partition coefficient (Wildman–Crippen LogP) is 2.51. The van der Waals surface area contributed by atoms with E-state index < -0.39 is 10.0 Å². The molecule has 132 valence electrons. The summed E-state index contributed by atoms with van der Waals surface area (Å²) in [5, 5.41) is 4.45. The van der Waals surface area contributed by atoms with Gasteiger partial charge in [0.15, 0.2) is 0 Å². The van der Waals surface area contributed by atoms with E-state index in [-0.39, 0.29) is 5.54 Å². The van der Waals surface area contributed by atoms with Gasteiger partial charge in [-0.05, 0) is 46.8 Å². The van der Waals surface area contributed by atoms with Gasteiger partial charge in [0, 0.05) is 31.9 Å². The maximum absolute atomic E-state index is 13.0. The van der Waals surface area contributed by atoms with Gasteiger partial charge in [-0.25, -0.2) is 12.7 Å². The van der Waals surface area contributed by atoms with Crippen LogP contribution in [0.5, 0.6) is 0 Å². The molecule has 0 amide bonds. The highest BCUT2D eigenvalue weighted by Gasteiger charge is 2.31. The number of aryl methyl sites for hydroxylation is 1. The van der Waals surface area contributed by atoms with E-state index in [2.05, 4.69) is 10.1 Å². The molecule has 0 aliphatic carbocycles. The molecule has 0 bridgehead atoms. The van der Waals surface area contributed by atoms with Crippen molar-refractivity contribution in [3.05, 3.63) is 41.5 Å². The van der Waals surface area contributed by atoms with Crippen LogP contribution in [0.2, 0.25) is 0 Å². The highest BCUT2D eigenvalue weighted by molar-refractivity contribution is 7.89. The van der Waals surface area contributed by atoms with Gasteiger partial charge in [-0.1, -0.05) is 6.07 Å². The van der Waals surface area contributed by atoms with Crippen LogP contribution in [0.1, 0.15) is 37.9 Å². The third-order valence-electron chi connectivity index (χ3n) is 3.94. The Morgan fingerprint density at radius 3 is 2.38 bits per heavy atom. The Morgan fingerprint density at radius 2 is 1.88 bits per heavy atom. The molecule has 0 N–H and O–H groups in total. The van der Waals surface area contributed by atoms with Crippen LogP contribution in [0, 0.1) is 13.8 Å². The number of likely N-dealkylation sites (N-methyl/N-ethyl adjacent to an activating group) is 1. The molecule has 0 aliphatic heterocycles. The molecule has 0 fully saturated rings. The Labute approximate surface area is 144 Å². The zero-order chi connectivity index (χ0) is 18.1. The van der Waals surface area contributed by atoms with Gasteiger partial charge in [-0.3, -0.25) is 9.67 Å². The molecular formula is C17H26N4O2S. The Kier molecular flexibility index (Phi) is 5.15. The number of aromatic nitrogens is 3. The zero-order valence-electron chi connectivity index (χ0n) is 15.2. The molecule has 0 saturated heterocycles. The van der Waals surface area contributed by atoms with E-state index >= 15 is 0 Å². The van der Waals surface area contributed by atoms with Gasteiger partial charge in [0.1, 0.15) is 4.90 Å². The molecule has 0 aromatic carbocycles. The summed E-state index contributed by atoms with van der Waals surface area (Å²) in [6.45, 7) is 9.95. The Hall–Kier alpha value is -1.73. The lowest BCUT2D eigenvalue weighted by Gasteiger charge is -2.22. The van der Waals surface area contributed by atoms with Crippen LogP contribution in [0.25, 0.3) is 0 Å². The molecule has 2 heterocycles. The molecule has 0 unspecified atom stereocenters. The molecule has 2 aromatic rings. The van der Waals surface area contributed by atoms with E-state index in [1.165, 1.54) is 4.31 Å². The fraction of sp³-hybridized carbons (Fsp3) is 0.529. The topological polar surface area (TPSA) is 68.1 Å². The van der Waals surface area contributed by atoms with Gasteiger partial charge in [-0.15, -0.1) is 0 Å². The first-order valence-corrected chi connectivity index (χ1v) is 9.42. The molecule has 6 nitrogen and oxygen atoms in total. The van der Waals surface area contributed by atoms with Crippen LogP contribution in [0.3, 0.4) is 0 Å². The lowest BCUT2D eigenvalue weighted by atomic mass is 10.1. The van der Waals surface area contributed by atoms with E-state index in [0.29, 0.717) is 29.2 Å². The molecule has 0 atom stereocenters. The van der Waals surface area contributed by atoms with E-state index in [1.54, 1.807) is 24.9 Å². The van der Waals surface area contributed by atoms with Crippen molar-refractivity contribution in [3.8, 4) is 0 Å². The normalized spacial score (nSPS) is 12.8. The van der Waals surface area contributed by atoms with Crippen LogP contribution in [0.4, 0.5) is 0 Å². The molecule has 0 aliphatic rings. The van der Waals surface area contributed by atoms with Gasteiger partial charge in [0.2, 0.25) is 10.0 Å². The Morgan fingerprint density at radius 1 is 1.21 bits per heavy atom. The van der Waals surface area contributed by atoms with Crippen LogP contribution in [0.15, 0.2) is 29.3 Å². The lowest BCUT2D eigenvalue weighted by Crippen LogP contribution is -2.30. The molecule has 2 rings (SSSR count). The smallest absolute Gasteiger partial charge is 0.246 e. The van der Waals surface area contributed by atoms with Crippen molar-refractivity contribution in [1.29, 1.82) is 0 Å². The summed E-state index contributed by atoms with van der Waals surface area (Å²) in [4.78, 5) is 4.55. The Balaban J connectivity index is 2.28. The number of sulfonamides is 1. The molecule has 24 heavy (non-hydrogen) atoms. The quantitative estimate of drug-likeness (QED) is 0.831. The van der Waals surface area contributed by atoms with Crippen LogP contribution >= 0.6 is 0 Å². The van der Waals surface area contributed by atoms with E-state index in [0.717, 1.165) is 5.69 Å². The van der Waals surface area contributed by atoms with Gasteiger partial charge in [-0.2, -0.15) is 5.10 Å². The van der Waals surface area contributed by atoms with Crippen LogP contribution in [-0.2, 0) is 22.0 Å². The minimum absolute atomic E-state index is 0.269. The average Bonchev–Trinajstić information content (AvgIpc) is 2.81. The number of hydrogen-bond donors (Lipinski definition) is 0. The third-order valence-corrected chi connectivity index (χ3v) is 6.05. The standard InChI is InChI=1S/C17H26N4O2S/c1-13-16(14(2)21(19-13)17(3,4)5)24(22,23)20(6)12-10-15-9-7-8-11-18-15/h7-9,11H,10,12H2,1-6H3. The molecule has 0 radical (unpaired) electrons. The summed E-state index contributed by atoms with van der Waals surface area (Å²) >= 11 is 0. The van der Waals surface area contributed by atoms with Crippen LogP contribution in [-0.4, -0.2) is 41.1 Å². The fourth-order valence-electron chi connectivity index (χ4n) is 2.75. The first kappa shape index (κ1) is 18.6. The fourth-order valence-corrected chi connectivity index (χ4v) is 4.27. The molecular weight excluding hydrogens is 324 g/mol. The van der Waals surface area contributed by atoms with Crippen LogP contribution < -0.4 is 0 Å². The minimum Gasteiger partial charge on any atom is -0.263 e. The number of pyridine rings is 1. The second kappa shape index (κ2) is 6.64. The first-order valence-electron chi connectivity index (χ1n) is 7.98. The van der Waals surface area contributed by atoms with Crippen molar-refractivity contribution in [2.45, 2.75) is 51.5 Å². The monoisotopic (exact) mass is 350 g/mol. The summed E-state index contributed by atoms with van der Waals surface area (Å²) in [7, 11) is -1.98. The lowest BCUT2D eigenvalue weighted by molar-refractivity contribution is 0.345. The van der Waals surface area contributed by atoms with Crippen molar-refractivity contribution in [2.75, 3.05) is 13.6 Å². The highest BCUT2D eigenvalue weighted by Crippen LogP contribution is 2.27. The minimum atomic E-state index is -3.59. The molecule has 0 spiro atoms. The second-order valence-corrected chi connectivity index (χ2v) is 8.96. The summed E-state index contributed by atoms with van der Waals surface area (Å²) in [6.07, 6.45) is 2.29. The summed E-state index contributed by atoms with van der Waals surface area (Å²) in [5.41, 5.74) is 1.81. The largest absolute Gasteiger partial charge is 0.263 e. The number of nitrogens with zero attached hydrogens (tertiary/aromatic N) is 4. The maximum atomic E-state index is 13.0. The van der Waals surface area contributed by atoms with E-state index in [4.69, 9.17) is 0 Å². The van der Waals surface area contributed by atoms with Crippen molar-refractivity contribution in [3.63, 3.8) is 0 Å². The third kappa shape index (κ3) is 3.67. The maximum Gasteiger partial charge on any atom is 0.246 e. The molecule has 7 heteroatoms. The second-order valence-electron chi connectivity index (χ2n) is 6.98.